The zero-order valence-electron chi connectivity index (χ0n) is 5.78. The average Bonchev–Trinajstić information content (AvgIpc) is 2.17. The lowest BCUT2D eigenvalue weighted by Crippen LogP contribution is -1.98. The summed E-state index contributed by atoms with van der Waals surface area (Å²) >= 11 is 0. The molecule has 0 atom stereocenters. The van der Waals surface area contributed by atoms with Crippen LogP contribution in [0.1, 0.15) is 6.92 Å². The molecule has 1 aliphatic heterocycles. The summed E-state index contributed by atoms with van der Waals surface area (Å²) in [6, 6.07) is 0. The third-order valence-electron chi connectivity index (χ3n) is 0.923. The van der Waals surface area contributed by atoms with Crippen LogP contribution in [0.25, 0.3) is 0 Å². The first-order valence-electron chi connectivity index (χ1n) is 3.11. The quantitative estimate of drug-likeness (QED) is 0.550. The highest BCUT2D eigenvalue weighted by Gasteiger charge is 1.92. The monoisotopic (exact) mass is 139 g/mol. The largest absolute Gasteiger partial charge is 0.478 e. The van der Waals surface area contributed by atoms with Gasteiger partial charge in [-0.15, -0.1) is 0 Å². The van der Waals surface area contributed by atoms with Crippen molar-refractivity contribution in [2.75, 3.05) is 6.61 Å². The highest BCUT2D eigenvalue weighted by molar-refractivity contribution is 5.88. The Kier molecular flexibility index (Phi) is 2.55. The molecule has 0 amide bonds. The fraction of sp³-hybridized carbons (Fsp3) is 0.286. The van der Waals surface area contributed by atoms with Gasteiger partial charge in [-0.25, -0.2) is 4.99 Å². The normalized spacial score (nSPS) is 15.5. The maximum Gasteiger partial charge on any atom is 0.216 e. The molecule has 0 fully saturated rings. The van der Waals surface area contributed by atoms with Gasteiger partial charge in [-0.2, -0.15) is 0 Å². The van der Waals surface area contributed by atoms with Crippen LogP contribution in [0.3, 0.4) is 0 Å². The van der Waals surface area contributed by atoms with Gasteiger partial charge >= 0.3 is 0 Å². The first-order valence-corrected chi connectivity index (χ1v) is 3.11. The van der Waals surface area contributed by atoms with Crippen LogP contribution in [0.15, 0.2) is 29.8 Å². The predicted molar refractivity (Wildman–Crippen MR) is 38.4 cm³/mol. The Morgan fingerprint density at radius 1 is 1.60 bits per heavy atom. The van der Waals surface area contributed by atoms with E-state index in [0.29, 0.717) is 12.5 Å². The molecule has 0 N–H and O–H groups in total. The summed E-state index contributed by atoms with van der Waals surface area (Å²) in [5, 5.41) is 0. The van der Waals surface area contributed by atoms with Gasteiger partial charge < -0.3 is 9.47 Å². The maximum absolute atomic E-state index is 5.09. The lowest BCUT2D eigenvalue weighted by atomic mass is 10.6. The van der Waals surface area contributed by atoms with Gasteiger partial charge in [0.2, 0.25) is 5.90 Å². The van der Waals surface area contributed by atoms with Gasteiger partial charge in [0.1, 0.15) is 6.26 Å². The lowest BCUT2D eigenvalue weighted by molar-refractivity contribution is 0.329. The molecular formula is C7H9NO2. The SMILES string of the molecule is CCOC1=NC=COC=C1. The Morgan fingerprint density at radius 3 is 3.30 bits per heavy atom. The number of hydrogen-bond donors (Lipinski definition) is 0. The van der Waals surface area contributed by atoms with E-state index in [0.717, 1.165) is 0 Å². The molecule has 0 bridgehead atoms. The number of hydrogen-bond acceptors (Lipinski definition) is 3. The average molecular weight is 139 g/mol. The summed E-state index contributed by atoms with van der Waals surface area (Å²) < 4.78 is 9.91. The Bertz CT molecular complexity index is 182. The van der Waals surface area contributed by atoms with Gasteiger partial charge in [-0.05, 0) is 6.92 Å². The standard InChI is InChI=1S/C7H9NO2/c1-2-10-7-3-5-9-6-4-8-7/h3-6H,2H2,1H3. The second-order valence-corrected chi connectivity index (χ2v) is 1.62. The van der Waals surface area contributed by atoms with Crippen molar-refractivity contribution in [3.05, 3.63) is 24.8 Å². The number of rotatable bonds is 1. The molecular weight excluding hydrogens is 130 g/mol. The third-order valence-corrected chi connectivity index (χ3v) is 0.923. The van der Waals surface area contributed by atoms with E-state index in [9.17, 15) is 0 Å². The molecule has 0 aromatic rings. The highest BCUT2D eigenvalue weighted by atomic mass is 16.5. The van der Waals surface area contributed by atoms with Crippen LogP contribution in [-0.2, 0) is 9.47 Å². The van der Waals surface area contributed by atoms with Gasteiger partial charge in [0.25, 0.3) is 0 Å². The molecule has 54 valence electrons. The number of nitrogens with zero attached hydrogens (tertiary/aromatic N) is 1. The Hall–Kier alpha value is -1.25. The summed E-state index contributed by atoms with van der Waals surface area (Å²) in [7, 11) is 0. The van der Waals surface area contributed by atoms with E-state index in [1.807, 2.05) is 6.92 Å². The molecule has 10 heavy (non-hydrogen) atoms. The fourth-order valence-electron chi connectivity index (χ4n) is 0.558. The van der Waals surface area contributed by atoms with Crippen LogP contribution >= 0.6 is 0 Å². The Morgan fingerprint density at radius 2 is 2.50 bits per heavy atom. The van der Waals surface area contributed by atoms with Crippen LogP contribution in [0.2, 0.25) is 0 Å². The fourth-order valence-corrected chi connectivity index (χ4v) is 0.558. The molecule has 1 heterocycles. The molecule has 0 saturated carbocycles. The van der Waals surface area contributed by atoms with Gasteiger partial charge in [-0.1, -0.05) is 0 Å². The van der Waals surface area contributed by atoms with Crippen molar-refractivity contribution >= 4 is 5.90 Å². The summed E-state index contributed by atoms with van der Waals surface area (Å²) in [6.07, 6.45) is 6.23. The van der Waals surface area contributed by atoms with Crippen LogP contribution in [0, 0.1) is 0 Å². The van der Waals surface area contributed by atoms with E-state index in [2.05, 4.69) is 4.99 Å². The second-order valence-electron chi connectivity index (χ2n) is 1.62. The number of aliphatic imine (C=N–C) groups is 1. The second kappa shape index (κ2) is 3.71. The van der Waals surface area contributed by atoms with Crippen LogP contribution in [-0.4, -0.2) is 12.5 Å². The molecule has 0 spiro atoms. The van der Waals surface area contributed by atoms with Crippen molar-refractivity contribution in [1.29, 1.82) is 0 Å². The predicted octanol–water partition coefficient (Wildman–Crippen LogP) is 1.44. The zero-order valence-corrected chi connectivity index (χ0v) is 5.78. The van der Waals surface area contributed by atoms with E-state index in [1.165, 1.54) is 12.5 Å². The molecule has 3 nitrogen and oxygen atoms in total. The molecule has 0 aromatic carbocycles. The van der Waals surface area contributed by atoms with Crippen LogP contribution < -0.4 is 0 Å². The zero-order chi connectivity index (χ0) is 7.23. The minimum absolute atomic E-state index is 0.580. The van der Waals surface area contributed by atoms with Gasteiger partial charge in [0, 0.05) is 6.08 Å². The molecule has 0 aliphatic carbocycles. The molecule has 1 rings (SSSR count). The van der Waals surface area contributed by atoms with E-state index in [4.69, 9.17) is 9.47 Å². The molecule has 0 saturated heterocycles. The molecule has 1 aliphatic rings. The van der Waals surface area contributed by atoms with E-state index >= 15 is 0 Å². The lowest BCUT2D eigenvalue weighted by Gasteiger charge is -1.97. The van der Waals surface area contributed by atoms with Crippen molar-refractivity contribution in [1.82, 2.24) is 0 Å². The molecule has 3 heteroatoms. The van der Waals surface area contributed by atoms with Gasteiger partial charge in [0.15, 0.2) is 0 Å². The Labute approximate surface area is 59.7 Å². The number of ether oxygens (including phenoxy) is 2. The first-order chi connectivity index (χ1) is 4.93. The van der Waals surface area contributed by atoms with E-state index in [-0.39, 0.29) is 0 Å². The smallest absolute Gasteiger partial charge is 0.216 e. The summed E-state index contributed by atoms with van der Waals surface area (Å²) in [5.41, 5.74) is 0. The van der Waals surface area contributed by atoms with E-state index < -0.39 is 0 Å². The molecule has 0 unspecified atom stereocenters. The van der Waals surface area contributed by atoms with Gasteiger partial charge in [0.05, 0.1) is 19.1 Å². The van der Waals surface area contributed by atoms with Crippen molar-refractivity contribution in [3.8, 4) is 0 Å². The maximum atomic E-state index is 5.09. The van der Waals surface area contributed by atoms with E-state index in [1.54, 1.807) is 12.3 Å². The van der Waals surface area contributed by atoms with Crippen molar-refractivity contribution in [2.24, 2.45) is 4.99 Å². The summed E-state index contributed by atoms with van der Waals surface area (Å²) in [6.45, 7) is 2.53. The van der Waals surface area contributed by atoms with Crippen molar-refractivity contribution in [3.63, 3.8) is 0 Å². The van der Waals surface area contributed by atoms with Crippen LogP contribution in [0.4, 0.5) is 0 Å². The Balaban J connectivity index is 2.55. The topological polar surface area (TPSA) is 30.8 Å². The molecule has 0 radical (unpaired) electrons. The molecule has 0 aromatic heterocycles. The summed E-state index contributed by atoms with van der Waals surface area (Å²) in [5.74, 6) is 0.580. The first kappa shape index (κ1) is 6.86. The van der Waals surface area contributed by atoms with Crippen LogP contribution in [0.5, 0.6) is 0 Å². The van der Waals surface area contributed by atoms with Gasteiger partial charge in [-0.3, -0.25) is 0 Å². The van der Waals surface area contributed by atoms with Crippen molar-refractivity contribution < 1.29 is 9.47 Å². The highest BCUT2D eigenvalue weighted by Crippen LogP contribution is 1.93. The third kappa shape index (κ3) is 1.93. The minimum Gasteiger partial charge on any atom is -0.478 e. The summed E-state index contributed by atoms with van der Waals surface area (Å²) in [4.78, 5) is 3.92. The minimum atomic E-state index is 0.580. The van der Waals surface area contributed by atoms with Crippen molar-refractivity contribution in [2.45, 2.75) is 6.92 Å².